The minimum atomic E-state index is -1.67. The lowest BCUT2D eigenvalue weighted by Gasteiger charge is -2.39. The number of benzene rings is 2. The number of rotatable bonds is 4. The third-order valence-corrected chi connectivity index (χ3v) is 5.15. The van der Waals surface area contributed by atoms with E-state index in [2.05, 4.69) is 0 Å². The van der Waals surface area contributed by atoms with Crippen LogP contribution in [0, 0.1) is 0 Å². The molecule has 2 aromatic carbocycles. The van der Waals surface area contributed by atoms with Crippen molar-refractivity contribution in [3.05, 3.63) is 52.9 Å². The highest BCUT2D eigenvalue weighted by Gasteiger charge is 2.45. The molecule has 2 heterocycles. The van der Waals surface area contributed by atoms with Gasteiger partial charge in [-0.15, -0.1) is 0 Å². The summed E-state index contributed by atoms with van der Waals surface area (Å²) in [5.74, 6) is -0.706. The zero-order chi connectivity index (χ0) is 22.3. The van der Waals surface area contributed by atoms with Gasteiger partial charge in [0.15, 0.2) is 11.3 Å². The van der Waals surface area contributed by atoms with Crippen LogP contribution in [0.3, 0.4) is 0 Å². The number of ether oxygens (including phenoxy) is 2. The molecular formula is C21H20O10. The second-order valence-corrected chi connectivity index (χ2v) is 7.13. The van der Waals surface area contributed by atoms with Gasteiger partial charge in [0.2, 0.25) is 17.5 Å². The first kappa shape index (κ1) is 21.1. The van der Waals surface area contributed by atoms with E-state index in [0.29, 0.717) is 5.56 Å². The fraction of sp³-hybridized carbons (Fsp3) is 0.286. The maximum atomic E-state index is 12.9. The summed E-state index contributed by atoms with van der Waals surface area (Å²) < 4.78 is 16.1. The number of phenolic OH excluding ortho intramolecular Hbond substituents is 2. The van der Waals surface area contributed by atoms with E-state index in [0.717, 1.165) is 6.26 Å². The molecule has 0 radical (unpaired) electrons. The number of aromatic hydroxyl groups is 2. The molecule has 1 aliphatic rings. The summed E-state index contributed by atoms with van der Waals surface area (Å²) >= 11 is 0. The molecule has 0 saturated carbocycles. The molecule has 6 N–H and O–H groups in total. The average Bonchev–Trinajstić information content (AvgIpc) is 2.77. The molecule has 31 heavy (non-hydrogen) atoms. The standard InChI is InChI=1S/C21H20O10/c22-7-14-16(25)18(27)19(28)21(31-14)30-13-6-5-11-15(24)12(8-29-20(11)17(13)26)9-1-3-10(23)4-2-9/h1-6,8,14,16,18-19,21-23,25-28H,7H2/t14-,16-,18+,19-,21-/m1/s1. The van der Waals surface area contributed by atoms with Gasteiger partial charge in [0.25, 0.3) is 0 Å². The van der Waals surface area contributed by atoms with Crippen LogP contribution in [0.1, 0.15) is 0 Å². The van der Waals surface area contributed by atoms with E-state index in [1.54, 1.807) is 12.1 Å². The van der Waals surface area contributed by atoms with Crippen molar-refractivity contribution in [2.45, 2.75) is 30.7 Å². The van der Waals surface area contributed by atoms with Crippen LogP contribution in [-0.2, 0) is 4.74 Å². The molecule has 10 heteroatoms. The minimum absolute atomic E-state index is 0.0431. The van der Waals surface area contributed by atoms with Crippen molar-refractivity contribution in [3.63, 3.8) is 0 Å². The number of aliphatic hydroxyl groups is 4. The zero-order valence-corrected chi connectivity index (χ0v) is 16.0. The topological polar surface area (TPSA) is 170 Å². The van der Waals surface area contributed by atoms with Crippen molar-refractivity contribution in [3.8, 4) is 28.4 Å². The van der Waals surface area contributed by atoms with E-state index in [4.69, 9.17) is 13.9 Å². The van der Waals surface area contributed by atoms with Crippen molar-refractivity contribution < 1.29 is 44.5 Å². The first-order valence-electron chi connectivity index (χ1n) is 9.36. The van der Waals surface area contributed by atoms with Gasteiger partial charge in [-0.1, -0.05) is 12.1 Å². The first-order valence-corrected chi connectivity index (χ1v) is 9.36. The van der Waals surface area contributed by atoms with Gasteiger partial charge in [-0.3, -0.25) is 4.79 Å². The lowest BCUT2D eigenvalue weighted by Crippen LogP contribution is -2.60. The number of hydrogen-bond donors (Lipinski definition) is 6. The molecule has 0 amide bonds. The Hall–Kier alpha value is -3.15. The predicted octanol–water partition coefficient (Wildman–Crippen LogP) is 0.0499. The van der Waals surface area contributed by atoms with E-state index >= 15 is 0 Å². The van der Waals surface area contributed by atoms with E-state index < -0.39 is 48.5 Å². The van der Waals surface area contributed by atoms with Crippen LogP contribution < -0.4 is 10.2 Å². The summed E-state index contributed by atoms with van der Waals surface area (Å²) in [5.41, 5.74) is 0.125. The molecule has 4 rings (SSSR count). The molecular weight excluding hydrogens is 412 g/mol. The quantitative estimate of drug-likeness (QED) is 0.331. The molecule has 164 valence electrons. The maximum absolute atomic E-state index is 12.9. The largest absolute Gasteiger partial charge is 0.508 e. The maximum Gasteiger partial charge on any atom is 0.229 e. The van der Waals surface area contributed by atoms with Crippen LogP contribution in [0.15, 0.2) is 51.9 Å². The van der Waals surface area contributed by atoms with Crippen molar-refractivity contribution >= 4 is 11.0 Å². The van der Waals surface area contributed by atoms with Gasteiger partial charge >= 0.3 is 0 Å². The Kier molecular flexibility index (Phi) is 5.56. The third-order valence-electron chi connectivity index (χ3n) is 5.15. The predicted molar refractivity (Wildman–Crippen MR) is 106 cm³/mol. The van der Waals surface area contributed by atoms with E-state index in [1.165, 1.54) is 24.3 Å². The highest BCUT2D eigenvalue weighted by Crippen LogP contribution is 2.36. The smallest absolute Gasteiger partial charge is 0.229 e. The fourth-order valence-electron chi connectivity index (χ4n) is 3.39. The van der Waals surface area contributed by atoms with Crippen LogP contribution >= 0.6 is 0 Å². The number of fused-ring (bicyclic) bond motifs is 1. The van der Waals surface area contributed by atoms with Gasteiger partial charge in [0, 0.05) is 0 Å². The van der Waals surface area contributed by atoms with Crippen molar-refractivity contribution in [1.82, 2.24) is 0 Å². The summed E-state index contributed by atoms with van der Waals surface area (Å²) in [5, 5.41) is 59.1. The molecule has 0 bridgehead atoms. The summed E-state index contributed by atoms with van der Waals surface area (Å²) in [4.78, 5) is 12.9. The van der Waals surface area contributed by atoms with Crippen LogP contribution in [0.25, 0.3) is 22.1 Å². The SMILES string of the molecule is O=c1c(-c2ccc(O)cc2)coc2c(O)c(O[C@@H]3O[C@H](CO)[C@@H](O)[C@H](O)[C@H]3O)ccc12. The summed E-state index contributed by atoms with van der Waals surface area (Å²) in [7, 11) is 0. The normalized spacial score (nSPS) is 26.1. The van der Waals surface area contributed by atoms with Crippen molar-refractivity contribution in [1.29, 1.82) is 0 Å². The molecule has 1 aliphatic heterocycles. The van der Waals surface area contributed by atoms with Crippen molar-refractivity contribution in [2.75, 3.05) is 6.61 Å². The Morgan fingerprint density at radius 3 is 2.32 bits per heavy atom. The summed E-state index contributed by atoms with van der Waals surface area (Å²) in [6, 6.07) is 8.55. The molecule has 0 spiro atoms. The van der Waals surface area contributed by atoms with Crippen LogP contribution in [-0.4, -0.2) is 68.0 Å². The fourth-order valence-corrected chi connectivity index (χ4v) is 3.39. The van der Waals surface area contributed by atoms with Gasteiger partial charge in [0.05, 0.1) is 17.6 Å². The van der Waals surface area contributed by atoms with Crippen LogP contribution in [0.4, 0.5) is 0 Å². The Labute approximate surface area is 174 Å². The first-order chi connectivity index (χ1) is 14.8. The highest BCUT2D eigenvalue weighted by molar-refractivity contribution is 5.87. The highest BCUT2D eigenvalue weighted by atomic mass is 16.7. The molecule has 0 aliphatic carbocycles. The Balaban J connectivity index is 1.68. The van der Waals surface area contributed by atoms with Gasteiger partial charge in [-0.25, -0.2) is 0 Å². The number of phenols is 2. The second kappa shape index (κ2) is 8.17. The Morgan fingerprint density at radius 2 is 1.65 bits per heavy atom. The molecule has 1 saturated heterocycles. The third kappa shape index (κ3) is 3.71. The molecule has 1 aromatic heterocycles. The van der Waals surface area contributed by atoms with E-state index in [1.807, 2.05) is 0 Å². The number of hydrogen-bond acceptors (Lipinski definition) is 10. The summed E-state index contributed by atoms with van der Waals surface area (Å²) in [6.45, 7) is -0.635. The van der Waals surface area contributed by atoms with Gasteiger partial charge in [-0.05, 0) is 29.8 Å². The average molecular weight is 432 g/mol. The Bertz CT molecular complexity index is 1140. The number of aliphatic hydroxyl groups excluding tert-OH is 4. The molecule has 10 nitrogen and oxygen atoms in total. The van der Waals surface area contributed by atoms with E-state index in [-0.39, 0.29) is 28.0 Å². The van der Waals surface area contributed by atoms with Crippen molar-refractivity contribution in [2.24, 2.45) is 0 Å². The Morgan fingerprint density at radius 1 is 0.935 bits per heavy atom. The van der Waals surface area contributed by atoms with E-state index in [9.17, 15) is 35.4 Å². The van der Waals surface area contributed by atoms with Gasteiger partial charge < -0.3 is 44.5 Å². The molecule has 3 aromatic rings. The minimum Gasteiger partial charge on any atom is -0.508 e. The van der Waals surface area contributed by atoms with Crippen LogP contribution in [0.2, 0.25) is 0 Å². The molecule has 0 unspecified atom stereocenters. The summed E-state index contributed by atoms with van der Waals surface area (Å²) in [6.07, 6.45) is -6.41. The van der Waals surface area contributed by atoms with Gasteiger partial charge in [-0.2, -0.15) is 0 Å². The monoisotopic (exact) mass is 432 g/mol. The zero-order valence-electron chi connectivity index (χ0n) is 16.0. The lowest BCUT2D eigenvalue weighted by atomic mass is 9.99. The second-order valence-electron chi connectivity index (χ2n) is 7.13. The van der Waals surface area contributed by atoms with Gasteiger partial charge in [0.1, 0.15) is 36.4 Å². The molecule has 5 atom stereocenters. The van der Waals surface area contributed by atoms with Crippen LogP contribution in [0.5, 0.6) is 17.2 Å². The molecule has 1 fully saturated rings. The lowest BCUT2D eigenvalue weighted by molar-refractivity contribution is -0.277.